The van der Waals surface area contributed by atoms with Crippen LogP contribution >= 0.6 is 0 Å². The van der Waals surface area contributed by atoms with Gasteiger partial charge in [-0.3, -0.25) is 0 Å². The van der Waals surface area contributed by atoms with Crippen LogP contribution < -0.4 is 18.9 Å². The fraction of sp³-hybridized carbons (Fsp3) is 0.366. The van der Waals surface area contributed by atoms with E-state index in [1.54, 1.807) is 24.3 Å². The number of carbonyl (C=O) groups excluding carboxylic acids is 4. The fourth-order valence-corrected chi connectivity index (χ4v) is 5.72. The molecule has 0 bridgehead atoms. The minimum Gasteiger partial charge on any atom is -0.493 e. The molecule has 0 saturated heterocycles. The van der Waals surface area contributed by atoms with Crippen LogP contribution in [0, 0.1) is 5.92 Å². The first-order chi connectivity index (χ1) is 25.2. The maximum atomic E-state index is 13.4. The first kappa shape index (κ1) is 39.2. The van der Waals surface area contributed by atoms with Crippen LogP contribution in [0.3, 0.4) is 0 Å². The van der Waals surface area contributed by atoms with Crippen LogP contribution in [-0.4, -0.2) is 63.0 Å². The predicted octanol–water partition coefficient (Wildman–Crippen LogP) is 7.28. The molecule has 1 saturated carbocycles. The molecule has 1 aliphatic carbocycles. The molecule has 0 atom stereocenters. The van der Waals surface area contributed by atoms with Crippen LogP contribution in [0.2, 0.25) is 0 Å². The van der Waals surface area contributed by atoms with Crippen molar-refractivity contribution in [3.05, 3.63) is 97.6 Å². The Balaban J connectivity index is 1.40. The van der Waals surface area contributed by atoms with E-state index in [1.807, 2.05) is 31.2 Å². The van der Waals surface area contributed by atoms with Gasteiger partial charge in [0.25, 0.3) is 0 Å². The molecular formula is C41H46O11. The van der Waals surface area contributed by atoms with Gasteiger partial charge >= 0.3 is 23.9 Å². The zero-order valence-corrected chi connectivity index (χ0v) is 29.6. The summed E-state index contributed by atoms with van der Waals surface area (Å²) in [4.78, 5) is 47.6. The highest BCUT2D eigenvalue weighted by Crippen LogP contribution is 2.34. The van der Waals surface area contributed by atoms with Crippen molar-refractivity contribution in [2.45, 2.75) is 58.0 Å². The Morgan fingerprint density at radius 1 is 0.692 bits per heavy atom. The van der Waals surface area contributed by atoms with Gasteiger partial charge in [-0.15, -0.1) is 0 Å². The molecule has 0 amide bonds. The summed E-state index contributed by atoms with van der Waals surface area (Å²) in [6, 6.07) is 14.3. The molecule has 0 N–H and O–H groups in total. The normalized spacial score (nSPS) is 15.1. The van der Waals surface area contributed by atoms with Gasteiger partial charge in [-0.25, -0.2) is 19.2 Å². The minimum atomic E-state index is -0.573. The van der Waals surface area contributed by atoms with E-state index in [4.69, 9.17) is 33.2 Å². The Bertz CT molecular complexity index is 1740. The highest BCUT2D eigenvalue weighted by atomic mass is 16.6. The number of ether oxygens (including phenoxy) is 7. The van der Waals surface area contributed by atoms with Crippen LogP contribution in [0.5, 0.6) is 23.0 Å². The molecule has 1 fully saturated rings. The average Bonchev–Trinajstić information content (AvgIpc) is 3.17. The zero-order chi connectivity index (χ0) is 37.3. The number of rotatable bonds is 20. The highest BCUT2D eigenvalue weighted by molar-refractivity contribution is 5.94. The number of fused-ring (bicyclic) bond motifs is 1. The number of benzene rings is 3. The van der Waals surface area contributed by atoms with Gasteiger partial charge in [-0.1, -0.05) is 38.8 Å². The number of carbonyl (C=O) groups is 4. The molecule has 52 heavy (non-hydrogen) atoms. The van der Waals surface area contributed by atoms with Gasteiger partial charge in [0.1, 0.15) is 17.6 Å². The molecule has 0 aromatic heterocycles. The number of aryl methyl sites for hydroxylation is 1. The van der Waals surface area contributed by atoms with Crippen molar-refractivity contribution in [3.63, 3.8) is 0 Å². The molecule has 3 aromatic rings. The lowest BCUT2D eigenvalue weighted by molar-refractivity contribution is -0.145. The van der Waals surface area contributed by atoms with E-state index in [0.29, 0.717) is 49.0 Å². The SMILES string of the molecule is C=CC(=O)OCCCOc1ccc(C(=O)Oc2ccc3cc(OCC4CCC(OC(=O)C=C)CC4)ccc3c2CC)cc1OCCCOC(=O)C=C. The Labute approximate surface area is 304 Å². The smallest absolute Gasteiger partial charge is 0.343 e. The van der Waals surface area contributed by atoms with E-state index in [0.717, 1.165) is 59.9 Å². The zero-order valence-electron chi connectivity index (χ0n) is 29.6. The van der Waals surface area contributed by atoms with Crippen molar-refractivity contribution in [1.82, 2.24) is 0 Å². The summed E-state index contributed by atoms with van der Waals surface area (Å²) in [5.41, 5.74) is 1.13. The Morgan fingerprint density at radius 3 is 1.96 bits per heavy atom. The molecule has 4 rings (SSSR count). The summed E-state index contributed by atoms with van der Waals surface area (Å²) in [6.07, 6.45) is 8.21. The van der Waals surface area contributed by atoms with Crippen molar-refractivity contribution in [3.8, 4) is 23.0 Å². The van der Waals surface area contributed by atoms with Gasteiger partial charge in [0.05, 0.1) is 38.6 Å². The first-order valence-electron chi connectivity index (χ1n) is 17.5. The van der Waals surface area contributed by atoms with Crippen molar-refractivity contribution in [2.24, 2.45) is 5.92 Å². The summed E-state index contributed by atoms with van der Waals surface area (Å²) in [7, 11) is 0. The van der Waals surface area contributed by atoms with E-state index in [1.165, 1.54) is 6.08 Å². The van der Waals surface area contributed by atoms with Crippen LogP contribution in [0.15, 0.2) is 86.5 Å². The molecule has 1 aliphatic rings. The third kappa shape index (κ3) is 11.8. The second-order valence-electron chi connectivity index (χ2n) is 12.1. The first-order valence-corrected chi connectivity index (χ1v) is 17.5. The summed E-state index contributed by atoms with van der Waals surface area (Å²) >= 11 is 0. The van der Waals surface area contributed by atoms with Crippen molar-refractivity contribution < 1.29 is 52.3 Å². The van der Waals surface area contributed by atoms with Crippen LogP contribution in [-0.2, 0) is 35.0 Å². The molecular weight excluding hydrogens is 668 g/mol. The fourth-order valence-electron chi connectivity index (χ4n) is 5.72. The summed E-state index contributed by atoms with van der Waals surface area (Å²) in [5, 5.41) is 1.91. The van der Waals surface area contributed by atoms with E-state index in [2.05, 4.69) is 19.7 Å². The predicted molar refractivity (Wildman–Crippen MR) is 195 cm³/mol. The Kier molecular flexibility index (Phi) is 15.3. The number of esters is 4. The third-order valence-electron chi connectivity index (χ3n) is 8.44. The second kappa shape index (κ2) is 20.3. The molecule has 0 unspecified atom stereocenters. The summed E-state index contributed by atoms with van der Waals surface area (Å²) < 4.78 is 39.2. The molecule has 0 spiro atoms. The lowest BCUT2D eigenvalue weighted by Gasteiger charge is -2.28. The van der Waals surface area contributed by atoms with E-state index < -0.39 is 17.9 Å². The van der Waals surface area contributed by atoms with Crippen molar-refractivity contribution >= 4 is 34.6 Å². The number of hydrogen-bond donors (Lipinski definition) is 0. The van der Waals surface area contributed by atoms with Crippen LogP contribution in [0.4, 0.5) is 0 Å². The molecule has 11 heteroatoms. The largest absolute Gasteiger partial charge is 0.493 e. The van der Waals surface area contributed by atoms with E-state index in [-0.39, 0.29) is 44.1 Å². The molecule has 0 radical (unpaired) electrons. The quantitative estimate of drug-likeness (QED) is 0.0384. The van der Waals surface area contributed by atoms with E-state index >= 15 is 0 Å². The minimum absolute atomic E-state index is 0.0628. The van der Waals surface area contributed by atoms with Gasteiger partial charge < -0.3 is 33.2 Å². The van der Waals surface area contributed by atoms with Crippen LogP contribution in [0.25, 0.3) is 10.8 Å². The second-order valence-corrected chi connectivity index (χ2v) is 12.1. The van der Waals surface area contributed by atoms with Crippen LogP contribution in [0.1, 0.15) is 61.4 Å². The molecule has 3 aromatic carbocycles. The topological polar surface area (TPSA) is 133 Å². The lowest BCUT2D eigenvalue weighted by Crippen LogP contribution is -2.26. The van der Waals surface area contributed by atoms with Gasteiger partial charge in [-0.2, -0.15) is 0 Å². The maximum absolute atomic E-state index is 13.4. The van der Waals surface area contributed by atoms with Crippen molar-refractivity contribution in [2.75, 3.05) is 33.0 Å². The average molecular weight is 715 g/mol. The third-order valence-corrected chi connectivity index (χ3v) is 8.44. The standard InChI is InChI=1S/C41H46O11/c1-5-33-34-18-17-32(50-27-28-11-15-31(16-12-28)51-40(44)8-4)25-29(34)13-19-35(33)52-41(45)30-14-20-36(46-21-9-23-48-38(42)6-2)37(26-30)47-22-10-24-49-39(43)7-3/h6-8,13-14,17-20,25-26,28,31H,2-5,9-12,15-16,21-24,27H2,1H3. The monoisotopic (exact) mass is 714 g/mol. The van der Waals surface area contributed by atoms with Gasteiger partial charge in [-0.05, 0) is 85.2 Å². The Hall–Kier alpha value is -5.58. The molecule has 0 heterocycles. The van der Waals surface area contributed by atoms with E-state index in [9.17, 15) is 19.2 Å². The maximum Gasteiger partial charge on any atom is 0.343 e. The molecule has 276 valence electrons. The summed E-state index contributed by atoms with van der Waals surface area (Å²) in [6.45, 7) is 13.5. The Morgan fingerprint density at radius 2 is 1.33 bits per heavy atom. The molecule has 0 aliphatic heterocycles. The highest BCUT2D eigenvalue weighted by Gasteiger charge is 2.24. The lowest BCUT2D eigenvalue weighted by atomic mass is 9.88. The molecule has 11 nitrogen and oxygen atoms in total. The van der Waals surface area contributed by atoms with Gasteiger partial charge in [0.2, 0.25) is 0 Å². The van der Waals surface area contributed by atoms with Gasteiger partial charge in [0, 0.05) is 36.6 Å². The van der Waals surface area contributed by atoms with Gasteiger partial charge in [0.15, 0.2) is 11.5 Å². The van der Waals surface area contributed by atoms with Crippen molar-refractivity contribution in [1.29, 1.82) is 0 Å². The number of hydrogen-bond acceptors (Lipinski definition) is 11. The summed E-state index contributed by atoms with van der Waals surface area (Å²) in [5.74, 6) is 0.275.